The molecule has 3 aliphatic rings. The van der Waals surface area contributed by atoms with Crippen LogP contribution in [-0.4, -0.2) is 205 Å². The molecule has 0 spiro atoms. The number of rotatable bonds is 17. The standard InChI is InChI=1S/C57H80N12O17/c1-4-30(2)45-56(84)69-25-11-17-43(69)55(83)68-24-10-16-42(68)53(81)62-38(22-23-44(59)74)49(77)61-36(48(76)64-40(57(85)86)27-33-18-20-34(73)21-19-33)14-8-9-15-37(60-47(75)35(58)28-70)50(78)67-46(31(3)72)54(82)63-39(26-32-12-6-5-7-13-32)51(79)65-41(29-71)52(80)66-45/h5-9,12-13,18-21,30-31,35-43,45-46,70-73H,4,10-11,14-17,22-29,58H2,1-3H3,(H2,59,74)(H,60,75)(H,61,77)(H,62,81)(H,63,82)(H,64,76)(H,65,79)(H,66,80)(H,67,78)(H,85,86)/b9-8+/t30-,31+,35-,36-,37-,38?,39?,40-,41-,42-,43-,45-,46-/m0/s1. The molecule has 2 aromatic rings. The third kappa shape index (κ3) is 19.2. The number of phenols is 1. The Kier molecular flexibility index (Phi) is 25.9. The van der Waals surface area contributed by atoms with E-state index in [9.17, 15) is 83.1 Å². The van der Waals surface area contributed by atoms with Crippen molar-refractivity contribution in [2.75, 3.05) is 26.3 Å². The van der Waals surface area contributed by atoms with Crippen LogP contribution < -0.4 is 54.0 Å². The van der Waals surface area contributed by atoms with Gasteiger partial charge in [-0.1, -0.05) is 74.9 Å². The molecule has 0 bridgehead atoms. The van der Waals surface area contributed by atoms with Crippen LogP contribution in [0, 0.1) is 5.92 Å². The van der Waals surface area contributed by atoms with E-state index in [1.807, 2.05) is 0 Å². The lowest BCUT2D eigenvalue weighted by Crippen LogP contribution is -2.62. The molecule has 11 amide bonds. The third-order valence-electron chi connectivity index (χ3n) is 15.2. The molecule has 3 heterocycles. The Morgan fingerprint density at radius 1 is 0.686 bits per heavy atom. The van der Waals surface area contributed by atoms with Crippen LogP contribution in [-0.2, 0) is 70.4 Å². The molecule has 3 aliphatic heterocycles. The monoisotopic (exact) mass is 1200 g/mol. The average molecular weight is 1210 g/mol. The number of benzene rings is 2. The molecular formula is C57H80N12O17. The van der Waals surface area contributed by atoms with Crippen LogP contribution in [0.25, 0.3) is 0 Å². The molecule has 86 heavy (non-hydrogen) atoms. The van der Waals surface area contributed by atoms with Crippen molar-refractivity contribution in [1.29, 1.82) is 0 Å². The minimum absolute atomic E-state index is 0.0479. The Hall–Kier alpha value is -8.54. The molecule has 470 valence electrons. The molecule has 2 fully saturated rings. The van der Waals surface area contributed by atoms with E-state index < -0.39 is 188 Å². The molecule has 0 aliphatic carbocycles. The topological polar surface area (TPSA) is 461 Å². The fourth-order valence-electron chi connectivity index (χ4n) is 10.1. The Balaban J connectivity index is 1.59. The van der Waals surface area contributed by atoms with E-state index in [0.717, 1.165) is 6.92 Å². The molecule has 2 saturated heterocycles. The van der Waals surface area contributed by atoms with Crippen molar-refractivity contribution < 1.29 is 83.1 Å². The number of carbonyl (C=O) groups excluding carboxylic acids is 11. The predicted octanol–water partition coefficient (Wildman–Crippen LogP) is -4.52. The van der Waals surface area contributed by atoms with Crippen molar-refractivity contribution in [2.24, 2.45) is 17.4 Å². The Labute approximate surface area is 496 Å². The number of phenolic OH excluding ortho intramolecular Hbond substituents is 1. The van der Waals surface area contributed by atoms with Crippen LogP contribution in [0.4, 0.5) is 0 Å². The van der Waals surface area contributed by atoms with Crippen LogP contribution in [0.5, 0.6) is 5.75 Å². The zero-order valence-electron chi connectivity index (χ0n) is 48.1. The number of fused-ring (bicyclic) bond motifs is 2. The molecule has 2 aromatic carbocycles. The van der Waals surface area contributed by atoms with Gasteiger partial charge in [0.2, 0.25) is 65.0 Å². The SMILES string of the molecule is CC[C@H](C)[C@@H]1NC(=O)[C@H](CO)NC(=O)C(Cc2ccccc2)NC(=O)[C@H]([C@@H](C)O)NC(=O)[C@@H](NC(=O)[C@@H](N)CO)C/C=C/C[C@@H](C(=O)N[C@@H](Cc2ccc(O)cc2)C(=O)O)NC(=O)C(CCC(N)=O)NC(=O)[C@@H]2CCCN2C(=O)[C@@H]2CCCN2C1=O. The van der Waals surface area contributed by atoms with Gasteiger partial charge in [0.15, 0.2) is 0 Å². The highest BCUT2D eigenvalue weighted by Crippen LogP contribution is 2.27. The van der Waals surface area contributed by atoms with Crippen LogP contribution in [0.15, 0.2) is 66.7 Å². The lowest BCUT2D eigenvalue weighted by Gasteiger charge is -2.35. The normalized spacial score (nSPS) is 26.2. The highest BCUT2D eigenvalue weighted by molar-refractivity contribution is 5.99. The number of aliphatic hydroxyl groups excluding tert-OH is 3. The summed E-state index contributed by atoms with van der Waals surface area (Å²) >= 11 is 0. The second-order valence-electron chi connectivity index (χ2n) is 21.7. The zero-order valence-corrected chi connectivity index (χ0v) is 48.1. The van der Waals surface area contributed by atoms with Gasteiger partial charge in [-0.15, -0.1) is 0 Å². The first-order valence-corrected chi connectivity index (χ1v) is 28.5. The molecule has 0 radical (unpaired) electrons. The summed E-state index contributed by atoms with van der Waals surface area (Å²) in [5.41, 5.74) is 12.1. The van der Waals surface area contributed by atoms with Crippen molar-refractivity contribution in [1.82, 2.24) is 52.3 Å². The van der Waals surface area contributed by atoms with Crippen molar-refractivity contribution in [3.8, 4) is 5.75 Å². The number of nitrogens with two attached hydrogens (primary N) is 2. The van der Waals surface area contributed by atoms with E-state index >= 15 is 0 Å². The number of amides is 11. The molecule has 13 atom stereocenters. The Bertz CT molecular complexity index is 2790. The largest absolute Gasteiger partial charge is 0.508 e. The van der Waals surface area contributed by atoms with E-state index in [2.05, 4.69) is 42.5 Å². The summed E-state index contributed by atoms with van der Waals surface area (Å²) in [6, 6.07) is -3.45. The summed E-state index contributed by atoms with van der Waals surface area (Å²) in [7, 11) is 0. The lowest BCUT2D eigenvalue weighted by molar-refractivity contribution is -0.149. The number of primary amides is 1. The van der Waals surface area contributed by atoms with Crippen LogP contribution in [0.2, 0.25) is 0 Å². The average Bonchev–Trinajstić information content (AvgIpc) is 2.58. The first-order valence-electron chi connectivity index (χ1n) is 28.5. The summed E-state index contributed by atoms with van der Waals surface area (Å²) in [6.45, 7) is 2.77. The van der Waals surface area contributed by atoms with Crippen molar-refractivity contribution in [2.45, 2.75) is 164 Å². The van der Waals surface area contributed by atoms with Gasteiger partial charge in [0.25, 0.3) is 0 Å². The quantitative estimate of drug-likeness (QED) is 0.0664. The summed E-state index contributed by atoms with van der Waals surface area (Å²) in [5.74, 6) is -12.8. The zero-order chi connectivity index (χ0) is 63.4. The minimum atomic E-state index is -1.88. The van der Waals surface area contributed by atoms with E-state index in [-0.39, 0.29) is 44.5 Å². The summed E-state index contributed by atoms with van der Waals surface area (Å²) in [6.07, 6.45) is -0.455. The van der Waals surface area contributed by atoms with E-state index in [1.165, 1.54) is 46.2 Å². The summed E-state index contributed by atoms with van der Waals surface area (Å²) in [4.78, 5) is 170. The van der Waals surface area contributed by atoms with Gasteiger partial charge in [0.1, 0.15) is 72.2 Å². The highest BCUT2D eigenvalue weighted by atomic mass is 16.4. The number of carboxylic acids is 1. The Morgan fingerprint density at radius 2 is 1.27 bits per heavy atom. The maximum Gasteiger partial charge on any atom is 0.326 e. The number of hydrogen-bond acceptors (Lipinski definition) is 17. The second kappa shape index (κ2) is 32.7. The summed E-state index contributed by atoms with van der Waals surface area (Å²) in [5, 5.41) is 71.0. The predicted molar refractivity (Wildman–Crippen MR) is 305 cm³/mol. The number of aliphatic hydroxyl groups is 3. The first-order chi connectivity index (χ1) is 40.9. The number of nitrogens with zero attached hydrogens (tertiary/aromatic N) is 2. The fraction of sp³-hybridized carbons (Fsp3) is 0.544. The molecule has 0 saturated carbocycles. The van der Waals surface area contributed by atoms with Gasteiger partial charge in [-0.2, -0.15) is 0 Å². The molecule has 5 rings (SSSR count). The van der Waals surface area contributed by atoms with Gasteiger partial charge in [-0.3, -0.25) is 52.7 Å². The summed E-state index contributed by atoms with van der Waals surface area (Å²) < 4.78 is 0. The minimum Gasteiger partial charge on any atom is -0.508 e. The van der Waals surface area contributed by atoms with Gasteiger partial charge in [-0.05, 0) is 81.0 Å². The molecule has 0 aromatic heterocycles. The highest BCUT2D eigenvalue weighted by Gasteiger charge is 2.45. The second-order valence-corrected chi connectivity index (χ2v) is 21.7. The van der Waals surface area contributed by atoms with Gasteiger partial charge in [-0.25, -0.2) is 4.79 Å². The molecule has 2 unspecified atom stereocenters. The smallest absolute Gasteiger partial charge is 0.326 e. The van der Waals surface area contributed by atoms with Gasteiger partial charge < -0.3 is 89.3 Å². The van der Waals surface area contributed by atoms with Crippen molar-refractivity contribution >= 4 is 70.9 Å². The van der Waals surface area contributed by atoms with E-state index in [1.54, 1.807) is 44.2 Å². The van der Waals surface area contributed by atoms with Crippen molar-refractivity contribution in [3.63, 3.8) is 0 Å². The molecular weight excluding hydrogens is 1120 g/mol. The molecule has 29 heteroatoms. The maximum atomic E-state index is 14.7. The maximum absolute atomic E-state index is 14.7. The number of nitrogens with one attached hydrogen (secondary N) is 8. The van der Waals surface area contributed by atoms with Crippen LogP contribution in [0.3, 0.4) is 0 Å². The number of aromatic hydroxyl groups is 1. The van der Waals surface area contributed by atoms with Gasteiger partial charge in [0, 0.05) is 32.4 Å². The number of carbonyl (C=O) groups is 12. The molecule has 29 nitrogen and oxygen atoms in total. The van der Waals surface area contributed by atoms with Crippen molar-refractivity contribution in [3.05, 3.63) is 77.9 Å². The number of hydrogen-bond donors (Lipinski definition) is 15. The van der Waals surface area contributed by atoms with E-state index in [0.29, 0.717) is 30.4 Å². The lowest BCUT2D eigenvalue weighted by atomic mass is 9.96. The van der Waals surface area contributed by atoms with Crippen LogP contribution in [0.1, 0.15) is 89.7 Å². The third-order valence-corrected chi connectivity index (χ3v) is 15.2. The number of aliphatic carboxylic acids is 1. The van der Waals surface area contributed by atoms with Crippen LogP contribution >= 0.6 is 0 Å². The fourth-order valence-corrected chi connectivity index (χ4v) is 10.1. The van der Waals surface area contributed by atoms with Gasteiger partial charge in [0.05, 0.1) is 19.3 Å². The van der Waals surface area contributed by atoms with Gasteiger partial charge >= 0.3 is 5.97 Å². The Morgan fingerprint density at radius 3 is 1.87 bits per heavy atom. The first kappa shape index (κ1) is 68.2. The van der Waals surface area contributed by atoms with E-state index in [4.69, 9.17) is 11.5 Å². The molecule has 17 N–H and O–H groups in total. The number of carboxylic acid groups (broad SMARTS) is 1.